The van der Waals surface area contributed by atoms with Gasteiger partial charge < -0.3 is 9.88 Å². The molecule has 0 saturated carbocycles. The lowest BCUT2D eigenvalue weighted by Crippen LogP contribution is -2.22. The first-order valence-corrected chi connectivity index (χ1v) is 3.48. The normalized spacial score (nSPS) is 9.73. The van der Waals surface area contributed by atoms with Crippen molar-refractivity contribution in [1.29, 1.82) is 0 Å². The van der Waals surface area contributed by atoms with Crippen molar-refractivity contribution in [2.75, 3.05) is 14.1 Å². The summed E-state index contributed by atoms with van der Waals surface area (Å²) in [6.07, 6.45) is 1.77. The summed E-state index contributed by atoms with van der Waals surface area (Å²) in [6.45, 7) is 1.91. The summed E-state index contributed by atoms with van der Waals surface area (Å²) in [4.78, 5) is 15.8. The number of hydrogen-bond acceptors (Lipinski definition) is 1. The van der Waals surface area contributed by atoms with Crippen LogP contribution in [0.15, 0.2) is 12.3 Å². The van der Waals surface area contributed by atoms with Gasteiger partial charge in [0.05, 0.1) is 0 Å². The van der Waals surface area contributed by atoms with Crippen LogP contribution in [0.25, 0.3) is 0 Å². The second-order valence-electron chi connectivity index (χ2n) is 2.74. The van der Waals surface area contributed by atoms with E-state index in [-0.39, 0.29) is 5.91 Å². The minimum Gasteiger partial charge on any atom is -0.357 e. The molecule has 0 aromatic carbocycles. The Bertz CT molecular complexity index is 263. The molecule has 0 aliphatic heterocycles. The molecule has 60 valence electrons. The largest absolute Gasteiger partial charge is 0.357 e. The molecule has 0 aliphatic carbocycles. The second-order valence-corrected chi connectivity index (χ2v) is 2.74. The van der Waals surface area contributed by atoms with Gasteiger partial charge in [-0.15, -0.1) is 0 Å². The number of nitrogens with zero attached hydrogens (tertiary/aromatic N) is 1. The molecule has 3 heteroatoms. The Morgan fingerprint density at radius 3 is 2.55 bits per heavy atom. The predicted octanol–water partition coefficient (Wildman–Crippen LogP) is 1.02. The van der Waals surface area contributed by atoms with E-state index in [1.54, 1.807) is 25.2 Å². The smallest absolute Gasteiger partial charge is 0.270 e. The molecule has 0 unspecified atom stereocenters. The highest BCUT2D eigenvalue weighted by Crippen LogP contribution is 2.05. The van der Waals surface area contributed by atoms with Crippen LogP contribution in [0, 0.1) is 6.92 Å². The third-order valence-corrected chi connectivity index (χ3v) is 1.58. The number of nitrogens with one attached hydrogen (secondary N) is 1. The van der Waals surface area contributed by atoms with Gasteiger partial charge in [-0.2, -0.15) is 0 Å². The number of amides is 1. The fraction of sp³-hybridized carbons (Fsp3) is 0.375. The summed E-state index contributed by atoms with van der Waals surface area (Å²) in [7, 11) is 3.48. The molecule has 3 nitrogen and oxygen atoms in total. The maximum absolute atomic E-state index is 11.3. The Balaban J connectivity index is 2.93. The van der Waals surface area contributed by atoms with E-state index < -0.39 is 0 Å². The average Bonchev–Trinajstić information content (AvgIpc) is 2.33. The monoisotopic (exact) mass is 152 g/mol. The highest BCUT2D eigenvalue weighted by molar-refractivity contribution is 5.93. The molecule has 11 heavy (non-hydrogen) atoms. The van der Waals surface area contributed by atoms with Gasteiger partial charge in [0.25, 0.3) is 5.91 Å². The van der Waals surface area contributed by atoms with E-state index in [0.29, 0.717) is 5.69 Å². The van der Waals surface area contributed by atoms with E-state index in [0.717, 1.165) is 5.56 Å². The molecule has 1 rings (SSSR count). The first-order chi connectivity index (χ1) is 5.13. The number of aromatic nitrogens is 1. The third kappa shape index (κ3) is 1.42. The van der Waals surface area contributed by atoms with Crippen molar-refractivity contribution in [1.82, 2.24) is 9.88 Å². The van der Waals surface area contributed by atoms with Crippen LogP contribution >= 0.6 is 0 Å². The van der Waals surface area contributed by atoms with Crippen molar-refractivity contribution in [3.8, 4) is 0 Å². The highest BCUT2D eigenvalue weighted by atomic mass is 16.2. The summed E-state index contributed by atoms with van der Waals surface area (Å²) < 4.78 is 0. The quantitative estimate of drug-likeness (QED) is 0.641. The molecule has 1 heterocycles. The molecular weight excluding hydrogens is 140 g/mol. The summed E-state index contributed by atoms with van der Waals surface area (Å²) in [5.41, 5.74) is 1.67. The lowest BCUT2D eigenvalue weighted by molar-refractivity contribution is 0.0822. The van der Waals surface area contributed by atoms with Gasteiger partial charge in [0.2, 0.25) is 0 Å². The van der Waals surface area contributed by atoms with Gasteiger partial charge in [0, 0.05) is 20.3 Å². The molecule has 1 aromatic rings. The molecule has 0 spiro atoms. The van der Waals surface area contributed by atoms with Crippen LogP contribution in [0.3, 0.4) is 0 Å². The standard InChI is InChI=1S/C8H12N2O/c1-6-4-5-9-7(6)8(11)10(2)3/h4-5,9H,1-3H3. The van der Waals surface area contributed by atoms with Gasteiger partial charge in [0.1, 0.15) is 5.69 Å². The highest BCUT2D eigenvalue weighted by Gasteiger charge is 2.10. The van der Waals surface area contributed by atoms with Crippen molar-refractivity contribution in [3.63, 3.8) is 0 Å². The Morgan fingerprint density at radius 2 is 2.18 bits per heavy atom. The molecule has 0 aliphatic rings. The first kappa shape index (κ1) is 7.85. The summed E-state index contributed by atoms with van der Waals surface area (Å²) in [6, 6.07) is 1.89. The lowest BCUT2D eigenvalue weighted by atomic mass is 10.2. The van der Waals surface area contributed by atoms with E-state index >= 15 is 0 Å². The fourth-order valence-corrected chi connectivity index (χ4v) is 0.901. The summed E-state index contributed by atoms with van der Waals surface area (Å²) >= 11 is 0. The Hall–Kier alpha value is -1.25. The molecule has 0 radical (unpaired) electrons. The van der Waals surface area contributed by atoms with E-state index in [9.17, 15) is 4.79 Å². The molecule has 1 N–H and O–H groups in total. The van der Waals surface area contributed by atoms with E-state index in [2.05, 4.69) is 4.98 Å². The van der Waals surface area contributed by atoms with E-state index in [1.807, 2.05) is 13.0 Å². The number of aryl methyl sites for hydroxylation is 1. The summed E-state index contributed by atoms with van der Waals surface area (Å²) in [5, 5.41) is 0. The summed E-state index contributed by atoms with van der Waals surface area (Å²) in [5.74, 6) is 0.0208. The minimum absolute atomic E-state index is 0.0208. The van der Waals surface area contributed by atoms with Crippen LogP contribution in [0.2, 0.25) is 0 Å². The van der Waals surface area contributed by atoms with Crippen LogP contribution in [0.4, 0.5) is 0 Å². The topological polar surface area (TPSA) is 36.1 Å². The molecule has 0 atom stereocenters. The zero-order valence-electron chi connectivity index (χ0n) is 7.01. The van der Waals surface area contributed by atoms with Gasteiger partial charge in [-0.25, -0.2) is 0 Å². The van der Waals surface area contributed by atoms with Crippen molar-refractivity contribution < 1.29 is 4.79 Å². The van der Waals surface area contributed by atoms with Crippen LogP contribution in [-0.2, 0) is 0 Å². The van der Waals surface area contributed by atoms with Gasteiger partial charge in [-0.1, -0.05) is 0 Å². The minimum atomic E-state index is 0.0208. The lowest BCUT2D eigenvalue weighted by Gasteiger charge is -2.08. The maximum atomic E-state index is 11.3. The molecule has 1 amide bonds. The Labute approximate surface area is 66.0 Å². The van der Waals surface area contributed by atoms with Crippen molar-refractivity contribution >= 4 is 5.91 Å². The average molecular weight is 152 g/mol. The van der Waals surface area contributed by atoms with Crippen molar-refractivity contribution in [2.45, 2.75) is 6.92 Å². The van der Waals surface area contributed by atoms with Crippen molar-refractivity contribution in [3.05, 3.63) is 23.5 Å². The Kier molecular flexibility index (Phi) is 1.98. The van der Waals surface area contributed by atoms with Gasteiger partial charge in [0.15, 0.2) is 0 Å². The van der Waals surface area contributed by atoms with Crippen LogP contribution in [0.5, 0.6) is 0 Å². The zero-order valence-corrected chi connectivity index (χ0v) is 7.01. The molecule has 0 fully saturated rings. The maximum Gasteiger partial charge on any atom is 0.270 e. The van der Waals surface area contributed by atoms with Crippen LogP contribution in [0.1, 0.15) is 16.1 Å². The number of hydrogen-bond donors (Lipinski definition) is 1. The fourth-order valence-electron chi connectivity index (χ4n) is 0.901. The molecule has 1 aromatic heterocycles. The van der Waals surface area contributed by atoms with Crippen LogP contribution in [-0.4, -0.2) is 29.9 Å². The Morgan fingerprint density at radius 1 is 1.55 bits per heavy atom. The first-order valence-electron chi connectivity index (χ1n) is 3.48. The van der Waals surface area contributed by atoms with Crippen molar-refractivity contribution in [2.24, 2.45) is 0 Å². The van der Waals surface area contributed by atoms with E-state index in [4.69, 9.17) is 0 Å². The zero-order chi connectivity index (χ0) is 8.43. The third-order valence-electron chi connectivity index (χ3n) is 1.58. The van der Waals surface area contributed by atoms with Gasteiger partial charge >= 0.3 is 0 Å². The number of aromatic amines is 1. The molecular formula is C8H12N2O. The second kappa shape index (κ2) is 2.78. The van der Waals surface area contributed by atoms with Gasteiger partial charge in [-0.05, 0) is 18.6 Å². The number of carbonyl (C=O) groups is 1. The molecule has 0 saturated heterocycles. The van der Waals surface area contributed by atoms with Gasteiger partial charge in [-0.3, -0.25) is 4.79 Å². The van der Waals surface area contributed by atoms with Crippen LogP contribution < -0.4 is 0 Å². The molecule has 0 bridgehead atoms. The number of carbonyl (C=O) groups excluding carboxylic acids is 1. The predicted molar refractivity (Wildman–Crippen MR) is 43.5 cm³/mol. The number of H-pyrrole nitrogens is 1. The number of rotatable bonds is 1. The van der Waals surface area contributed by atoms with E-state index in [1.165, 1.54) is 0 Å². The SMILES string of the molecule is Cc1cc[nH]c1C(=O)N(C)C.